The number of pyridine rings is 1. The van der Waals surface area contributed by atoms with Crippen molar-refractivity contribution in [3.63, 3.8) is 0 Å². The fourth-order valence-electron chi connectivity index (χ4n) is 3.00. The molecular weight excluding hydrogens is 316 g/mol. The number of hydrogen-bond acceptors (Lipinski definition) is 3. The van der Waals surface area contributed by atoms with Crippen LogP contribution in [-0.4, -0.2) is 22.0 Å². The van der Waals surface area contributed by atoms with Gasteiger partial charge in [-0.3, -0.25) is 9.59 Å². The van der Waals surface area contributed by atoms with Crippen molar-refractivity contribution in [2.45, 2.75) is 25.7 Å². The first-order valence-corrected chi connectivity index (χ1v) is 8.01. The Kier molecular flexibility index (Phi) is 4.48. The number of aliphatic carboxylic acids is 1. The van der Waals surface area contributed by atoms with Crippen LogP contribution in [0.25, 0.3) is 10.9 Å². The zero-order valence-electron chi connectivity index (χ0n) is 12.5. The third-order valence-corrected chi connectivity index (χ3v) is 4.58. The number of carboxylic acids is 1. The van der Waals surface area contributed by atoms with Crippen molar-refractivity contribution >= 4 is 40.2 Å². The molecule has 5 nitrogen and oxygen atoms in total. The summed E-state index contributed by atoms with van der Waals surface area (Å²) < 4.78 is 0. The maximum absolute atomic E-state index is 12.3. The van der Waals surface area contributed by atoms with Crippen LogP contribution in [0.5, 0.6) is 0 Å². The Morgan fingerprint density at radius 1 is 1.09 bits per heavy atom. The molecule has 0 atom stereocenters. The van der Waals surface area contributed by atoms with Crippen molar-refractivity contribution in [1.82, 2.24) is 4.98 Å². The third kappa shape index (κ3) is 3.62. The number of hydrogen-bond donors (Lipinski definition) is 2. The van der Waals surface area contributed by atoms with E-state index in [0.717, 1.165) is 10.9 Å². The lowest BCUT2D eigenvalue weighted by molar-refractivity contribution is -0.143. The van der Waals surface area contributed by atoms with Crippen LogP contribution in [-0.2, 0) is 9.59 Å². The number of aromatic nitrogens is 1. The van der Waals surface area contributed by atoms with Crippen LogP contribution in [0.15, 0.2) is 30.3 Å². The van der Waals surface area contributed by atoms with Crippen molar-refractivity contribution in [2.75, 3.05) is 5.32 Å². The Labute approximate surface area is 138 Å². The van der Waals surface area contributed by atoms with Crippen molar-refractivity contribution in [3.05, 3.63) is 35.4 Å². The molecular formula is C17H17ClN2O3. The molecule has 1 heterocycles. The average molecular weight is 333 g/mol. The molecule has 1 aromatic carbocycles. The van der Waals surface area contributed by atoms with E-state index >= 15 is 0 Å². The van der Waals surface area contributed by atoms with Crippen LogP contribution in [0.2, 0.25) is 5.02 Å². The fraction of sp³-hybridized carbons (Fsp3) is 0.353. The molecule has 6 heteroatoms. The summed E-state index contributed by atoms with van der Waals surface area (Å²) >= 11 is 5.94. The molecule has 1 aliphatic carbocycles. The summed E-state index contributed by atoms with van der Waals surface area (Å²) in [4.78, 5) is 27.7. The largest absolute Gasteiger partial charge is 0.481 e. The number of amides is 1. The summed E-state index contributed by atoms with van der Waals surface area (Å²) in [5.74, 6) is -0.811. The second-order valence-electron chi connectivity index (χ2n) is 5.91. The van der Waals surface area contributed by atoms with Gasteiger partial charge in [0.1, 0.15) is 5.82 Å². The van der Waals surface area contributed by atoms with Gasteiger partial charge in [-0.05, 0) is 56.0 Å². The predicted octanol–water partition coefficient (Wildman–Crippen LogP) is 3.72. The van der Waals surface area contributed by atoms with E-state index in [1.807, 2.05) is 18.2 Å². The molecule has 2 N–H and O–H groups in total. The molecule has 1 aromatic heterocycles. The number of rotatable bonds is 3. The highest BCUT2D eigenvalue weighted by Crippen LogP contribution is 2.30. The highest BCUT2D eigenvalue weighted by Gasteiger charge is 2.29. The number of carboxylic acid groups (broad SMARTS) is 1. The van der Waals surface area contributed by atoms with Crippen LogP contribution < -0.4 is 5.32 Å². The first-order valence-electron chi connectivity index (χ1n) is 7.63. The maximum Gasteiger partial charge on any atom is 0.306 e. The van der Waals surface area contributed by atoms with E-state index in [0.29, 0.717) is 36.5 Å². The topological polar surface area (TPSA) is 79.3 Å². The molecule has 1 amide bonds. The van der Waals surface area contributed by atoms with Gasteiger partial charge in [-0.1, -0.05) is 11.6 Å². The lowest BCUT2D eigenvalue weighted by Gasteiger charge is -2.25. The molecule has 3 rings (SSSR count). The van der Waals surface area contributed by atoms with Crippen LogP contribution in [0.3, 0.4) is 0 Å². The summed E-state index contributed by atoms with van der Waals surface area (Å²) in [6.07, 6.45) is 2.31. The van der Waals surface area contributed by atoms with Gasteiger partial charge in [-0.25, -0.2) is 4.98 Å². The second-order valence-corrected chi connectivity index (χ2v) is 6.35. The lowest BCUT2D eigenvalue weighted by Crippen LogP contribution is -2.29. The summed E-state index contributed by atoms with van der Waals surface area (Å²) in [6, 6.07) is 9.01. The number of halogens is 1. The van der Waals surface area contributed by atoms with E-state index in [-0.39, 0.29) is 17.7 Å². The quantitative estimate of drug-likeness (QED) is 0.897. The minimum absolute atomic E-state index is 0.0883. The second kappa shape index (κ2) is 6.54. The number of carbonyl (C=O) groups excluding carboxylic acids is 1. The molecule has 2 aromatic rings. The van der Waals surface area contributed by atoms with Gasteiger partial charge in [0.25, 0.3) is 0 Å². The average Bonchev–Trinajstić information content (AvgIpc) is 2.55. The third-order valence-electron chi connectivity index (χ3n) is 4.35. The van der Waals surface area contributed by atoms with Crippen molar-refractivity contribution in [3.8, 4) is 0 Å². The highest BCUT2D eigenvalue weighted by atomic mass is 35.5. The summed E-state index contributed by atoms with van der Waals surface area (Å²) in [6.45, 7) is 0. The van der Waals surface area contributed by atoms with Crippen LogP contribution in [0.4, 0.5) is 5.82 Å². The van der Waals surface area contributed by atoms with E-state index in [9.17, 15) is 9.59 Å². The van der Waals surface area contributed by atoms with Gasteiger partial charge in [0.05, 0.1) is 11.4 Å². The monoisotopic (exact) mass is 332 g/mol. The zero-order chi connectivity index (χ0) is 16.4. The van der Waals surface area contributed by atoms with Crippen molar-refractivity contribution < 1.29 is 14.7 Å². The highest BCUT2D eigenvalue weighted by molar-refractivity contribution is 6.31. The SMILES string of the molecule is O=C(O)[C@H]1CC[C@H](C(=O)Nc2ccc3cc(Cl)ccc3n2)CC1. The first-order chi connectivity index (χ1) is 11.0. The molecule has 0 radical (unpaired) electrons. The fourth-order valence-corrected chi connectivity index (χ4v) is 3.18. The van der Waals surface area contributed by atoms with Gasteiger partial charge in [0.15, 0.2) is 0 Å². The smallest absolute Gasteiger partial charge is 0.306 e. The Bertz CT molecular complexity index is 755. The van der Waals surface area contributed by atoms with Crippen LogP contribution in [0.1, 0.15) is 25.7 Å². The summed E-state index contributed by atoms with van der Waals surface area (Å²) in [7, 11) is 0. The predicted molar refractivity (Wildman–Crippen MR) is 88.5 cm³/mol. The minimum Gasteiger partial charge on any atom is -0.481 e. The number of fused-ring (bicyclic) bond motifs is 1. The molecule has 0 saturated heterocycles. The van der Waals surface area contributed by atoms with Gasteiger partial charge in [-0.2, -0.15) is 0 Å². The number of nitrogens with one attached hydrogen (secondary N) is 1. The van der Waals surface area contributed by atoms with Gasteiger partial charge in [-0.15, -0.1) is 0 Å². The standard InChI is InChI=1S/C17H17ClN2O3/c18-13-6-7-14-12(9-13)5-8-15(19-14)20-16(21)10-1-3-11(4-2-10)17(22)23/h5-11H,1-4H2,(H,22,23)(H,19,20,21)/t10-,11-. The molecule has 23 heavy (non-hydrogen) atoms. The van der Waals surface area contributed by atoms with Crippen molar-refractivity contribution in [2.24, 2.45) is 11.8 Å². The Balaban J connectivity index is 1.66. The maximum atomic E-state index is 12.3. The van der Waals surface area contributed by atoms with E-state index in [1.54, 1.807) is 12.1 Å². The van der Waals surface area contributed by atoms with Crippen LogP contribution in [0, 0.1) is 11.8 Å². The molecule has 1 aliphatic rings. The summed E-state index contributed by atoms with van der Waals surface area (Å²) in [5, 5.41) is 13.4. The zero-order valence-corrected chi connectivity index (χ0v) is 13.2. The first kappa shape index (κ1) is 15.7. The molecule has 0 aliphatic heterocycles. The molecule has 0 bridgehead atoms. The number of nitrogens with zero attached hydrogens (tertiary/aromatic N) is 1. The summed E-state index contributed by atoms with van der Waals surface area (Å²) in [5.41, 5.74) is 0.766. The van der Waals surface area contributed by atoms with Crippen molar-refractivity contribution in [1.29, 1.82) is 0 Å². The normalized spacial score (nSPS) is 21.1. The molecule has 0 unspecified atom stereocenters. The van der Waals surface area contributed by atoms with E-state index < -0.39 is 5.97 Å². The number of anilines is 1. The van der Waals surface area contributed by atoms with Gasteiger partial charge in [0.2, 0.25) is 5.91 Å². The lowest BCUT2D eigenvalue weighted by atomic mass is 9.81. The van der Waals surface area contributed by atoms with Gasteiger partial charge in [0, 0.05) is 16.3 Å². The molecule has 0 spiro atoms. The number of carbonyl (C=O) groups is 2. The van der Waals surface area contributed by atoms with E-state index in [4.69, 9.17) is 16.7 Å². The van der Waals surface area contributed by atoms with E-state index in [1.165, 1.54) is 0 Å². The van der Waals surface area contributed by atoms with Gasteiger partial charge >= 0.3 is 5.97 Å². The minimum atomic E-state index is -0.765. The Morgan fingerprint density at radius 2 is 1.78 bits per heavy atom. The van der Waals surface area contributed by atoms with Crippen LogP contribution >= 0.6 is 11.6 Å². The Hall–Kier alpha value is -2.14. The van der Waals surface area contributed by atoms with E-state index in [2.05, 4.69) is 10.3 Å². The molecule has 1 fully saturated rings. The number of benzene rings is 1. The van der Waals surface area contributed by atoms with Gasteiger partial charge < -0.3 is 10.4 Å². The Morgan fingerprint density at radius 3 is 2.48 bits per heavy atom. The molecule has 120 valence electrons. The molecule has 1 saturated carbocycles.